The largest absolute Gasteiger partial charge is 0.508 e. The molecule has 8 rings (SSSR count). The third-order valence-electron chi connectivity index (χ3n) is 17.3. The summed E-state index contributed by atoms with van der Waals surface area (Å²) in [6.45, 7) is 10.2. The molecule has 0 heterocycles. The molecule has 9 heteroatoms. The molecule has 4 N–H and O–H groups in total. The summed E-state index contributed by atoms with van der Waals surface area (Å²) in [6.07, 6.45) is 16.1. The van der Waals surface area contributed by atoms with E-state index in [0.29, 0.717) is 113 Å². The molecule has 6 aliphatic carbocycles. The fourth-order valence-corrected chi connectivity index (χ4v) is 14.1. The van der Waals surface area contributed by atoms with Gasteiger partial charge in [-0.05, 0) is 196 Å². The second-order valence-electron chi connectivity index (χ2n) is 19.9. The van der Waals surface area contributed by atoms with Gasteiger partial charge < -0.3 is 44.1 Å². The molecule has 328 valence electrons. The molecule has 2 aromatic carbocycles. The fourth-order valence-electron chi connectivity index (χ4n) is 14.1. The van der Waals surface area contributed by atoms with E-state index >= 15 is 0 Å². The number of hydrogen-bond donors (Lipinski definition) is 4. The number of benzene rings is 2. The maximum absolute atomic E-state index is 12.0. The molecule has 0 amide bonds. The van der Waals surface area contributed by atoms with E-state index < -0.39 is 11.2 Å². The van der Waals surface area contributed by atoms with Crippen LogP contribution in [0, 0.1) is 34.5 Å². The molecule has 0 bridgehead atoms. The molecule has 4 fully saturated rings. The van der Waals surface area contributed by atoms with Crippen LogP contribution in [0.4, 0.5) is 0 Å². The molecule has 6 aliphatic rings. The number of aliphatic hydroxyl groups is 2. The minimum absolute atomic E-state index is 0.0356. The number of phenolic OH excluding ortho intramolecular Hbond substituents is 2. The van der Waals surface area contributed by atoms with Crippen molar-refractivity contribution in [3.8, 4) is 11.5 Å². The second-order valence-corrected chi connectivity index (χ2v) is 19.9. The molecular formula is C50H74O9. The van der Waals surface area contributed by atoms with Gasteiger partial charge in [0.2, 0.25) is 0 Å². The first-order valence-electron chi connectivity index (χ1n) is 23.5. The van der Waals surface area contributed by atoms with Crippen LogP contribution in [0.1, 0.15) is 138 Å². The third-order valence-corrected chi connectivity index (χ3v) is 17.3. The van der Waals surface area contributed by atoms with Crippen molar-refractivity contribution in [2.24, 2.45) is 34.5 Å². The molecule has 0 radical (unpaired) electrons. The van der Waals surface area contributed by atoms with Crippen molar-refractivity contribution in [3.05, 3.63) is 58.7 Å². The molecule has 0 unspecified atom stereocenters. The van der Waals surface area contributed by atoms with E-state index in [0.717, 1.165) is 103 Å². The zero-order valence-corrected chi connectivity index (χ0v) is 36.1. The van der Waals surface area contributed by atoms with Crippen LogP contribution in [0.5, 0.6) is 11.5 Å². The van der Waals surface area contributed by atoms with Gasteiger partial charge in [0.05, 0.1) is 64.1 Å². The Kier molecular flexibility index (Phi) is 13.7. The van der Waals surface area contributed by atoms with Gasteiger partial charge in [0.1, 0.15) is 11.5 Å². The lowest BCUT2D eigenvalue weighted by molar-refractivity contribution is -0.110. The summed E-state index contributed by atoms with van der Waals surface area (Å²) in [4.78, 5) is 0. The molecule has 0 aliphatic heterocycles. The van der Waals surface area contributed by atoms with Crippen molar-refractivity contribution in [2.75, 3.05) is 66.1 Å². The van der Waals surface area contributed by atoms with E-state index in [-0.39, 0.29) is 10.8 Å². The third kappa shape index (κ3) is 8.74. The van der Waals surface area contributed by atoms with Crippen LogP contribution < -0.4 is 0 Å². The summed E-state index contributed by atoms with van der Waals surface area (Å²) in [5, 5.41) is 43.9. The van der Waals surface area contributed by atoms with Crippen LogP contribution in [-0.2, 0) is 36.5 Å². The van der Waals surface area contributed by atoms with E-state index in [2.05, 4.69) is 26.0 Å². The number of fused-ring (bicyclic) bond motifs is 10. The van der Waals surface area contributed by atoms with Gasteiger partial charge in [0, 0.05) is 13.2 Å². The summed E-state index contributed by atoms with van der Waals surface area (Å²) in [6, 6.07) is 11.9. The molecular weight excluding hydrogens is 745 g/mol. The summed E-state index contributed by atoms with van der Waals surface area (Å²) in [5.41, 5.74) is 4.22. The van der Waals surface area contributed by atoms with Gasteiger partial charge in [-0.3, -0.25) is 0 Å². The smallest absolute Gasteiger partial charge is 0.115 e. The highest BCUT2D eigenvalue weighted by Crippen LogP contribution is 2.66. The predicted molar refractivity (Wildman–Crippen MR) is 228 cm³/mol. The number of rotatable bonds is 20. The topological polar surface area (TPSA) is 127 Å². The Labute approximate surface area is 353 Å². The first-order chi connectivity index (χ1) is 28.6. The van der Waals surface area contributed by atoms with Gasteiger partial charge >= 0.3 is 0 Å². The van der Waals surface area contributed by atoms with Crippen LogP contribution in [0.3, 0.4) is 0 Å². The van der Waals surface area contributed by atoms with Crippen LogP contribution >= 0.6 is 0 Å². The average molecular weight is 819 g/mol. The predicted octanol–water partition coefficient (Wildman–Crippen LogP) is 8.62. The van der Waals surface area contributed by atoms with Gasteiger partial charge in [-0.15, -0.1) is 0 Å². The lowest BCUT2D eigenvalue weighted by atomic mass is 9.53. The Hall–Kier alpha value is -2.24. The molecule has 0 saturated heterocycles. The fraction of sp³-hybridized carbons (Fsp3) is 0.760. The number of aryl methyl sites for hydroxylation is 2. The maximum atomic E-state index is 12.0. The van der Waals surface area contributed by atoms with Crippen molar-refractivity contribution >= 4 is 0 Å². The monoisotopic (exact) mass is 819 g/mol. The Morgan fingerprint density at radius 2 is 0.864 bits per heavy atom. The quantitative estimate of drug-likeness (QED) is 0.0972. The second kappa shape index (κ2) is 18.6. The zero-order valence-electron chi connectivity index (χ0n) is 36.1. The van der Waals surface area contributed by atoms with Crippen LogP contribution in [-0.4, -0.2) is 97.7 Å². The lowest BCUT2D eigenvalue weighted by Crippen LogP contribution is -2.50. The van der Waals surface area contributed by atoms with Gasteiger partial charge in [0.15, 0.2) is 0 Å². The van der Waals surface area contributed by atoms with Crippen LogP contribution in [0.15, 0.2) is 36.4 Å². The van der Waals surface area contributed by atoms with Crippen molar-refractivity contribution in [3.63, 3.8) is 0 Å². The van der Waals surface area contributed by atoms with Crippen molar-refractivity contribution in [1.29, 1.82) is 0 Å². The molecule has 2 aromatic rings. The summed E-state index contributed by atoms with van der Waals surface area (Å²) < 4.78 is 28.9. The maximum Gasteiger partial charge on any atom is 0.115 e. The van der Waals surface area contributed by atoms with Gasteiger partial charge in [0.25, 0.3) is 0 Å². The lowest BCUT2D eigenvalue weighted by Gasteiger charge is -2.53. The molecule has 59 heavy (non-hydrogen) atoms. The van der Waals surface area contributed by atoms with Crippen molar-refractivity contribution in [2.45, 2.75) is 140 Å². The van der Waals surface area contributed by atoms with E-state index in [4.69, 9.17) is 23.7 Å². The molecule has 0 aromatic heterocycles. The summed E-state index contributed by atoms with van der Waals surface area (Å²) in [7, 11) is 0. The first-order valence-corrected chi connectivity index (χ1v) is 23.5. The highest BCUT2D eigenvalue weighted by atomic mass is 16.6. The Balaban J connectivity index is 0.611. The standard InChI is InChI=1S/C50H74O9/c1-47-19-13-41-39-11-7-37(51)33-35(39)5-9-43(41)45(47)15-21-49(47,53)17-3-23-55-25-27-57-29-31-59-32-30-58-28-26-56-24-4-18-50(54)22-16-46-44-10-6-36-34-38(52)8-12-40(36)42(44)14-20-48(46,50)2/h7-8,11-12,33-34,41-46,51-54H,3-6,9-10,13-32H2,1-2H3/t41-,42-,43-,44-,45+,46+,47+,48+,49+,50+/m1/s1. The Morgan fingerprint density at radius 1 is 0.492 bits per heavy atom. The number of aromatic hydroxyl groups is 2. The average Bonchev–Trinajstić information content (AvgIpc) is 3.66. The van der Waals surface area contributed by atoms with E-state index in [9.17, 15) is 20.4 Å². The first kappa shape index (κ1) is 43.4. The number of hydrogen-bond acceptors (Lipinski definition) is 9. The molecule has 4 saturated carbocycles. The van der Waals surface area contributed by atoms with E-state index in [1.807, 2.05) is 24.3 Å². The van der Waals surface area contributed by atoms with Crippen LogP contribution in [0.2, 0.25) is 0 Å². The highest BCUT2D eigenvalue weighted by molar-refractivity contribution is 5.41. The van der Waals surface area contributed by atoms with Crippen molar-refractivity contribution < 1.29 is 44.1 Å². The Morgan fingerprint density at radius 3 is 1.25 bits per heavy atom. The summed E-state index contributed by atoms with van der Waals surface area (Å²) >= 11 is 0. The molecule has 0 spiro atoms. The number of phenols is 2. The minimum atomic E-state index is -0.619. The Bertz CT molecular complexity index is 1580. The van der Waals surface area contributed by atoms with Crippen molar-refractivity contribution in [1.82, 2.24) is 0 Å². The SMILES string of the molecule is C[C@]12CC[C@@H]3c4ccc(O)cc4CC[C@H]3[C@@H]1CC[C@@]2(O)CCCOCCOCCOCCOCCOCCC[C@]1(O)CC[C@H]2[C@@H]3CCc4cc(O)ccc4[C@H]3CC[C@@]21C. The summed E-state index contributed by atoms with van der Waals surface area (Å²) in [5.74, 6) is 4.24. The van der Waals surface area contributed by atoms with Gasteiger partial charge in [-0.2, -0.15) is 0 Å². The molecule has 9 nitrogen and oxygen atoms in total. The minimum Gasteiger partial charge on any atom is -0.508 e. The highest BCUT2D eigenvalue weighted by Gasteiger charge is 2.62. The number of ether oxygens (including phenoxy) is 5. The van der Waals surface area contributed by atoms with Gasteiger partial charge in [-0.1, -0.05) is 26.0 Å². The van der Waals surface area contributed by atoms with Crippen LogP contribution in [0.25, 0.3) is 0 Å². The zero-order chi connectivity index (χ0) is 41.1. The molecule has 10 atom stereocenters. The van der Waals surface area contributed by atoms with E-state index in [1.165, 1.54) is 22.3 Å². The van der Waals surface area contributed by atoms with E-state index in [1.54, 1.807) is 0 Å². The normalized spacial score (nSPS) is 35.7. The van der Waals surface area contributed by atoms with Gasteiger partial charge in [-0.25, -0.2) is 0 Å².